The summed E-state index contributed by atoms with van der Waals surface area (Å²) in [6.07, 6.45) is 0.591. The van der Waals surface area contributed by atoms with Gasteiger partial charge in [-0.1, -0.05) is 0 Å². The molecule has 0 rings (SSSR count). The van der Waals surface area contributed by atoms with Crippen molar-refractivity contribution in [2.75, 3.05) is 0 Å². The van der Waals surface area contributed by atoms with Crippen molar-refractivity contribution in [2.24, 2.45) is 10.7 Å². The first kappa shape index (κ1) is 15.5. The topological polar surface area (TPSA) is 113 Å². The van der Waals surface area contributed by atoms with E-state index in [2.05, 4.69) is 4.99 Å². The molecule has 0 aliphatic rings. The number of nitrogens with zero attached hydrogens (tertiary/aromatic N) is 1. The molecular formula is C6H10BaN2O4. The molecule has 0 heterocycles. The van der Waals surface area contributed by atoms with Crippen molar-refractivity contribution in [2.45, 2.75) is 18.9 Å². The van der Waals surface area contributed by atoms with Crippen LogP contribution in [0.4, 0.5) is 0 Å². The molecule has 0 spiro atoms. The predicted molar refractivity (Wildman–Crippen MR) is 46.7 cm³/mol. The molecule has 4 N–H and O–H groups in total. The number of carbonyl (C=O) groups is 2. The number of rotatable bonds is 5. The van der Waals surface area contributed by atoms with Gasteiger partial charge in [0.05, 0.1) is 6.34 Å². The molecule has 13 heavy (non-hydrogen) atoms. The average molecular weight is 311 g/mol. The SMILES string of the molecule is NC=N[C@@H](CCC(=O)O)C(=O)O.[Ba]. The zero-order chi connectivity index (χ0) is 9.56. The van der Waals surface area contributed by atoms with Gasteiger partial charge in [0.1, 0.15) is 6.04 Å². The van der Waals surface area contributed by atoms with Gasteiger partial charge in [-0.15, -0.1) is 0 Å². The van der Waals surface area contributed by atoms with E-state index >= 15 is 0 Å². The molecule has 0 aromatic rings. The van der Waals surface area contributed by atoms with Crippen LogP contribution in [0.15, 0.2) is 4.99 Å². The Bertz CT molecular complexity index is 207. The summed E-state index contributed by atoms with van der Waals surface area (Å²) in [5.74, 6) is -2.22. The molecule has 0 saturated carbocycles. The summed E-state index contributed by atoms with van der Waals surface area (Å²) >= 11 is 0. The first-order valence-electron chi connectivity index (χ1n) is 3.26. The molecule has 2 radical (unpaired) electrons. The van der Waals surface area contributed by atoms with E-state index in [1.54, 1.807) is 0 Å². The van der Waals surface area contributed by atoms with Gasteiger partial charge in [-0.25, -0.2) is 4.79 Å². The van der Waals surface area contributed by atoms with Gasteiger partial charge in [-0.2, -0.15) is 0 Å². The summed E-state index contributed by atoms with van der Waals surface area (Å²) in [7, 11) is 0. The number of hydrogen-bond donors (Lipinski definition) is 3. The average Bonchev–Trinajstić information content (AvgIpc) is 1.96. The summed E-state index contributed by atoms with van der Waals surface area (Å²) in [5, 5.41) is 16.7. The Hall–Kier alpha value is -0.0186. The van der Waals surface area contributed by atoms with Crippen molar-refractivity contribution in [3.8, 4) is 0 Å². The molecule has 0 aliphatic heterocycles. The van der Waals surface area contributed by atoms with Crippen LogP contribution in [-0.4, -0.2) is 83.4 Å². The number of aliphatic imine (C=N–C) groups is 1. The third-order valence-corrected chi connectivity index (χ3v) is 1.18. The monoisotopic (exact) mass is 312 g/mol. The standard InChI is InChI=1S/C6H10N2O4.Ba/c7-3-8-4(6(11)12)1-2-5(9)10;/h3-4H,1-2H2,(H2,7,8)(H,9,10)(H,11,12);/t4-;/m0./s1. The Morgan fingerprint density at radius 1 is 1.46 bits per heavy atom. The smallest absolute Gasteiger partial charge is 0.328 e. The van der Waals surface area contributed by atoms with Crippen molar-refractivity contribution >= 4 is 67.2 Å². The molecule has 0 saturated heterocycles. The van der Waals surface area contributed by atoms with Crippen LogP contribution in [0.3, 0.4) is 0 Å². The van der Waals surface area contributed by atoms with Gasteiger partial charge in [0.25, 0.3) is 0 Å². The largest absolute Gasteiger partial charge is 0.481 e. The molecule has 70 valence electrons. The van der Waals surface area contributed by atoms with E-state index in [1.807, 2.05) is 0 Å². The van der Waals surface area contributed by atoms with E-state index < -0.39 is 18.0 Å². The number of carboxylic acids is 2. The first-order valence-corrected chi connectivity index (χ1v) is 3.26. The van der Waals surface area contributed by atoms with E-state index in [-0.39, 0.29) is 61.7 Å². The number of hydrogen-bond acceptors (Lipinski definition) is 3. The molecule has 1 atom stereocenters. The molecule has 0 bridgehead atoms. The third-order valence-electron chi connectivity index (χ3n) is 1.18. The van der Waals surface area contributed by atoms with Crippen molar-refractivity contribution in [3.05, 3.63) is 0 Å². The Labute approximate surface area is 115 Å². The fourth-order valence-electron chi connectivity index (χ4n) is 0.626. The Kier molecular flexibility index (Phi) is 10.2. The number of aliphatic carboxylic acids is 2. The molecule has 7 heteroatoms. The second-order valence-corrected chi connectivity index (χ2v) is 2.08. The fraction of sp³-hybridized carbons (Fsp3) is 0.500. The fourth-order valence-corrected chi connectivity index (χ4v) is 0.626. The molecule has 0 fully saturated rings. The second kappa shape index (κ2) is 8.57. The quantitative estimate of drug-likeness (QED) is 0.339. The van der Waals surface area contributed by atoms with Gasteiger partial charge in [0, 0.05) is 55.3 Å². The van der Waals surface area contributed by atoms with Crippen LogP contribution in [0, 0.1) is 0 Å². The van der Waals surface area contributed by atoms with Crippen LogP contribution in [0.1, 0.15) is 12.8 Å². The summed E-state index contributed by atoms with van der Waals surface area (Å²) in [4.78, 5) is 23.8. The summed E-state index contributed by atoms with van der Waals surface area (Å²) in [5.41, 5.74) is 4.87. The van der Waals surface area contributed by atoms with Gasteiger partial charge >= 0.3 is 11.9 Å². The van der Waals surface area contributed by atoms with E-state index in [4.69, 9.17) is 15.9 Å². The van der Waals surface area contributed by atoms with Crippen LogP contribution in [-0.2, 0) is 9.59 Å². The summed E-state index contributed by atoms with van der Waals surface area (Å²) in [6, 6.07) is -1.05. The molecule has 0 amide bonds. The zero-order valence-corrected chi connectivity index (χ0v) is 11.5. The van der Waals surface area contributed by atoms with Crippen LogP contribution >= 0.6 is 0 Å². The van der Waals surface area contributed by atoms with Crippen molar-refractivity contribution in [1.29, 1.82) is 0 Å². The van der Waals surface area contributed by atoms with Crippen LogP contribution in [0.2, 0.25) is 0 Å². The minimum atomic E-state index is -1.17. The Morgan fingerprint density at radius 2 is 2.00 bits per heavy atom. The molecule has 0 aliphatic carbocycles. The van der Waals surface area contributed by atoms with E-state index in [9.17, 15) is 9.59 Å². The Morgan fingerprint density at radius 3 is 2.31 bits per heavy atom. The summed E-state index contributed by atoms with van der Waals surface area (Å²) < 4.78 is 0. The number of carboxylic acid groups (broad SMARTS) is 2. The third kappa shape index (κ3) is 8.32. The normalized spacial score (nSPS) is 12.0. The number of nitrogens with two attached hydrogens (primary N) is 1. The van der Waals surface area contributed by atoms with E-state index in [0.29, 0.717) is 0 Å². The molecule has 6 nitrogen and oxygen atoms in total. The van der Waals surface area contributed by atoms with Gasteiger partial charge in [0.2, 0.25) is 0 Å². The minimum Gasteiger partial charge on any atom is -0.481 e. The van der Waals surface area contributed by atoms with Crippen molar-refractivity contribution < 1.29 is 19.8 Å². The van der Waals surface area contributed by atoms with Crippen LogP contribution in [0.5, 0.6) is 0 Å². The zero-order valence-electron chi connectivity index (χ0n) is 7.01. The maximum atomic E-state index is 10.3. The molecular weight excluding hydrogens is 301 g/mol. The molecule has 0 unspecified atom stereocenters. The van der Waals surface area contributed by atoms with Gasteiger partial charge < -0.3 is 15.9 Å². The van der Waals surface area contributed by atoms with Crippen molar-refractivity contribution in [3.63, 3.8) is 0 Å². The van der Waals surface area contributed by atoms with Gasteiger partial charge in [-0.3, -0.25) is 9.79 Å². The first-order chi connectivity index (χ1) is 5.57. The van der Waals surface area contributed by atoms with Gasteiger partial charge in [0.15, 0.2) is 0 Å². The van der Waals surface area contributed by atoms with E-state index in [0.717, 1.165) is 6.34 Å². The predicted octanol–water partition coefficient (Wildman–Crippen LogP) is -1.09. The van der Waals surface area contributed by atoms with E-state index in [1.165, 1.54) is 0 Å². The molecule has 0 aromatic heterocycles. The maximum Gasteiger partial charge on any atom is 0.328 e. The maximum absolute atomic E-state index is 10.3. The van der Waals surface area contributed by atoms with Crippen LogP contribution < -0.4 is 5.73 Å². The second-order valence-electron chi connectivity index (χ2n) is 2.08. The van der Waals surface area contributed by atoms with Crippen LogP contribution in [0.25, 0.3) is 0 Å². The van der Waals surface area contributed by atoms with Crippen molar-refractivity contribution in [1.82, 2.24) is 0 Å². The molecule has 0 aromatic carbocycles. The van der Waals surface area contributed by atoms with Gasteiger partial charge in [-0.05, 0) is 6.42 Å². The minimum absolute atomic E-state index is 0. The summed E-state index contributed by atoms with van der Waals surface area (Å²) in [6.45, 7) is 0. The Balaban J connectivity index is 0.